The second-order valence-electron chi connectivity index (χ2n) is 4.62. The van der Waals surface area contributed by atoms with Gasteiger partial charge in [-0.15, -0.1) is 0 Å². The largest absolute Gasteiger partial charge is 0.416 e. The van der Waals surface area contributed by atoms with Crippen molar-refractivity contribution in [2.45, 2.75) is 6.18 Å². The molecule has 3 rings (SSSR count). The van der Waals surface area contributed by atoms with Gasteiger partial charge in [-0.25, -0.2) is 9.37 Å². The zero-order valence-corrected chi connectivity index (χ0v) is 10.9. The maximum atomic E-state index is 13.8. The molecule has 112 valence electrons. The first-order chi connectivity index (χ1) is 10.4. The Bertz CT molecular complexity index is 915. The van der Waals surface area contributed by atoms with Crippen LogP contribution in [0.25, 0.3) is 22.3 Å². The smallest absolute Gasteiger partial charge is 0.306 e. The molecular formula is C15H8F4N2O. The Kier molecular flexibility index (Phi) is 3.20. The van der Waals surface area contributed by atoms with Gasteiger partial charge in [0.1, 0.15) is 11.6 Å². The molecule has 2 aromatic carbocycles. The summed E-state index contributed by atoms with van der Waals surface area (Å²) >= 11 is 0. The number of benzene rings is 2. The van der Waals surface area contributed by atoms with Gasteiger partial charge in [-0.2, -0.15) is 13.2 Å². The van der Waals surface area contributed by atoms with Gasteiger partial charge in [0.15, 0.2) is 0 Å². The lowest BCUT2D eigenvalue weighted by atomic mass is 10.1. The predicted molar refractivity (Wildman–Crippen MR) is 72.8 cm³/mol. The molecule has 0 aliphatic rings. The minimum absolute atomic E-state index is 0.243. The van der Waals surface area contributed by atoms with E-state index in [1.54, 1.807) is 12.1 Å². The van der Waals surface area contributed by atoms with Crippen molar-refractivity contribution < 1.29 is 17.6 Å². The highest BCUT2D eigenvalue weighted by molar-refractivity contribution is 5.79. The first-order valence-electron chi connectivity index (χ1n) is 6.22. The van der Waals surface area contributed by atoms with Gasteiger partial charge in [-0.3, -0.25) is 4.79 Å². The third-order valence-electron chi connectivity index (χ3n) is 3.16. The van der Waals surface area contributed by atoms with Gasteiger partial charge in [0.25, 0.3) is 5.56 Å². The maximum Gasteiger partial charge on any atom is 0.416 e. The van der Waals surface area contributed by atoms with E-state index in [9.17, 15) is 22.4 Å². The number of aromatic nitrogens is 2. The van der Waals surface area contributed by atoms with Crippen molar-refractivity contribution in [2.24, 2.45) is 0 Å². The maximum absolute atomic E-state index is 13.8. The number of para-hydroxylation sites is 1. The van der Waals surface area contributed by atoms with Crippen LogP contribution in [-0.4, -0.2) is 9.97 Å². The van der Waals surface area contributed by atoms with E-state index in [1.807, 2.05) is 0 Å². The molecule has 0 saturated carbocycles. The average Bonchev–Trinajstić information content (AvgIpc) is 2.46. The molecule has 0 atom stereocenters. The lowest BCUT2D eigenvalue weighted by Crippen LogP contribution is -2.11. The molecular weight excluding hydrogens is 300 g/mol. The van der Waals surface area contributed by atoms with E-state index >= 15 is 0 Å². The number of hydrogen-bond acceptors (Lipinski definition) is 2. The number of rotatable bonds is 1. The topological polar surface area (TPSA) is 45.8 Å². The molecule has 0 aliphatic heterocycles. The zero-order chi connectivity index (χ0) is 15.9. The summed E-state index contributed by atoms with van der Waals surface area (Å²) in [6.45, 7) is 0. The summed E-state index contributed by atoms with van der Waals surface area (Å²) in [5.74, 6) is -1.14. The molecule has 1 N–H and O–H groups in total. The summed E-state index contributed by atoms with van der Waals surface area (Å²) in [6.07, 6.45) is -4.61. The average molecular weight is 308 g/mol. The van der Waals surface area contributed by atoms with E-state index in [-0.39, 0.29) is 16.7 Å². The summed E-state index contributed by atoms with van der Waals surface area (Å²) in [5.41, 5.74) is -1.69. The fourth-order valence-electron chi connectivity index (χ4n) is 2.10. The van der Waals surface area contributed by atoms with Gasteiger partial charge in [-0.1, -0.05) is 12.1 Å². The Labute approximate surface area is 121 Å². The molecule has 0 fully saturated rings. The molecule has 3 nitrogen and oxygen atoms in total. The van der Waals surface area contributed by atoms with Gasteiger partial charge in [0, 0.05) is 0 Å². The van der Waals surface area contributed by atoms with Crippen LogP contribution in [0.15, 0.2) is 47.3 Å². The second kappa shape index (κ2) is 4.94. The Morgan fingerprint density at radius 3 is 2.50 bits per heavy atom. The molecule has 7 heteroatoms. The Morgan fingerprint density at radius 2 is 1.77 bits per heavy atom. The zero-order valence-electron chi connectivity index (χ0n) is 10.9. The number of halogens is 4. The highest BCUT2D eigenvalue weighted by atomic mass is 19.4. The number of aromatic amines is 1. The summed E-state index contributed by atoms with van der Waals surface area (Å²) in [6, 6.07) is 8.27. The van der Waals surface area contributed by atoms with Crippen molar-refractivity contribution in [1.82, 2.24) is 9.97 Å². The summed E-state index contributed by atoms with van der Waals surface area (Å²) in [7, 11) is 0. The molecule has 0 spiro atoms. The first-order valence-corrected chi connectivity index (χ1v) is 6.22. The molecule has 22 heavy (non-hydrogen) atoms. The van der Waals surface area contributed by atoms with Crippen LogP contribution in [0.3, 0.4) is 0 Å². The van der Waals surface area contributed by atoms with Crippen molar-refractivity contribution in [1.29, 1.82) is 0 Å². The number of hydrogen-bond donors (Lipinski definition) is 1. The number of H-pyrrole nitrogens is 1. The Balaban J connectivity index is 2.25. The lowest BCUT2D eigenvalue weighted by Gasteiger charge is -2.09. The molecule has 3 aromatic rings. The minimum atomic E-state index is -4.61. The van der Waals surface area contributed by atoms with Crippen LogP contribution in [0.5, 0.6) is 0 Å². The second-order valence-corrected chi connectivity index (χ2v) is 4.62. The first kappa shape index (κ1) is 14.2. The molecule has 1 heterocycles. The fourth-order valence-corrected chi connectivity index (χ4v) is 2.10. The summed E-state index contributed by atoms with van der Waals surface area (Å²) in [5, 5.41) is 0.277. The molecule has 0 aliphatic carbocycles. The van der Waals surface area contributed by atoms with Gasteiger partial charge >= 0.3 is 6.18 Å². The fraction of sp³-hybridized carbons (Fsp3) is 0.0667. The van der Waals surface area contributed by atoms with Crippen molar-refractivity contribution in [3.8, 4) is 11.4 Å². The van der Waals surface area contributed by atoms with Crippen LogP contribution in [0.4, 0.5) is 17.6 Å². The van der Waals surface area contributed by atoms with E-state index < -0.39 is 28.7 Å². The number of fused-ring (bicyclic) bond motifs is 1. The third kappa shape index (κ3) is 2.45. The van der Waals surface area contributed by atoms with Crippen LogP contribution >= 0.6 is 0 Å². The van der Waals surface area contributed by atoms with Crippen LogP contribution < -0.4 is 5.56 Å². The predicted octanol–water partition coefficient (Wildman–Crippen LogP) is 3.75. The van der Waals surface area contributed by atoms with Gasteiger partial charge in [0.05, 0.1) is 22.0 Å². The van der Waals surface area contributed by atoms with E-state index in [2.05, 4.69) is 9.97 Å². The number of nitrogens with one attached hydrogen (secondary N) is 1. The standard InChI is InChI=1S/C15H8F4N2O/c16-11-6-5-8(15(17,18)19)7-10(11)13-20-12-4-2-1-3-9(12)14(22)21-13/h1-7H,(H,20,21,22). The van der Waals surface area contributed by atoms with Crippen LogP contribution in [0.1, 0.15) is 5.56 Å². The van der Waals surface area contributed by atoms with Crippen molar-refractivity contribution in [3.05, 3.63) is 64.2 Å². The highest BCUT2D eigenvalue weighted by Crippen LogP contribution is 2.32. The van der Waals surface area contributed by atoms with E-state index in [1.165, 1.54) is 12.1 Å². The SMILES string of the molecule is O=c1[nH]c(-c2cc(C(F)(F)F)ccc2F)nc2ccccc12. The lowest BCUT2D eigenvalue weighted by molar-refractivity contribution is -0.137. The van der Waals surface area contributed by atoms with Crippen molar-refractivity contribution in [2.75, 3.05) is 0 Å². The normalized spacial score (nSPS) is 11.8. The molecule has 0 radical (unpaired) electrons. The van der Waals surface area contributed by atoms with Gasteiger partial charge < -0.3 is 4.98 Å². The van der Waals surface area contributed by atoms with E-state index in [0.717, 1.165) is 0 Å². The number of nitrogens with zero attached hydrogens (tertiary/aromatic N) is 1. The Hall–Kier alpha value is -2.70. The van der Waals surface area contributed by atoms with E-state index in [0.29, 0.717) is 18.2 Å². The van der Waals surface area contributed by atoms with Crippen molar-refractivity contribution >= 4 is 10.9 Å². The van der Waals surface area contributed by atoms with Crippen LogP contribution in [-0.2, 0) is 6.18 Å². The quantitative estimate of drug-likeness (QED) is 0.696. The van der Waals surface area contributed by atoms with Crippen LogP contribution in [0, 0.1) is 5.82 Å². The molecule has 1 aromatic heterocycles. The third-order valence-corrected chi connectivity index (χ3v) is 3.16. The molecule has 0 saturated heterocycles. The van der Waals surface area contributed by atoms with Crippen LogP contribution in [0.2, 0.25) is 0 Å². The van der Waals surface area contributed by atoms with Gasteiger partial charge in [0.2, 0.25) is 0 Å². The number of alkyl halides is 3. The molecule has 0 unspecified atom stereocenters. The minimum Gasteiger partial charge on any atom is -0.306 e. The molecule has 0 amide bonds. The molecule has 0 bridgehead atoms. The Morgan fingerprint density at radius 1 is 1.05 bits per heavy atom. The monoisotopic (exact) mass is 308 g/mol. The summed E-state index contributed by atoms with van der Waals surface area (Å²) < 4.78 is 52.0. The van der Waals surface area contributed by atoms with Crippen molar-refractivity contribution in [3.63, 3.8) is 0 Å². The van der Waals surface area contributed by atoms with Gasteiger partial charge in [-0.05, 0) is 30.3 Å². The highest BCUT2D eigenvalue weighted by Gasteiger charge is 2.31. The summed E-state index contributed by atoms with van der Waals surface area (Å²) in [4.78, 5) is 18.3. The van der Waals surface area contributed by atoms with E-state index in [4.69, 9.17) is 0 Å².